The quantitative estimate of drug-likeness (QED) is 0.637. The van der Waals surface area contributed by atoms with Crippen molar-refractivity contribution in [2.75, 3.05) is 6.61 Å². The number of ketones is 1. The third-order valence-corrected chi connectivity index (χ3v) is 3.64. The van der Waals surface area contributed by atoms with Gasteiger partial charge in [-0.3, -0.25) is 4.79 Å². The summed E-state index contributed by atoms with van der Waals surface area (Å²) >= 11 is 0. The van der Waals surface area contributed by atoms with Gasteiger partial charge in [-0.15, -0.1) is 0 Å². The maximum atomic E-state index is 11.7. The molecule has 76 valence electrons. The van der Waals surface area contributed by atoms with Crippen molar-refractivity contribution in [3.05, 3.63) is 0 Å². The van der Waals surface area contributed by atoms with Crippen LogP contribution in [0.2, 0.25) is 25.7 Å². The van der Waals surface area contributed by atoms with E-state index in [0.29, 0.717) is 5.78 Å². The highest BCUT2D eigenvalue weighted by molar-refractivity contribution is 6.78. The number of rotatable bonds is 5. The topological polar surface area (TPSA) is 26.3 Å². The molecule has 1 saturated carbocycles. The normalized spacial score (nSPS) is 27.4. The molecule has 1 aliphatic rings. The van der Waals surface area contributed by atoms with Crippen LogP contribution in [-0.4, -0.2) is 26.6 Å². The molecule has 0 radical (unpaired) electrons. The lowest BCUT2D eigenvalue weighted by molar-refractivity contribution is -0.119. The molecule has 2 unspecified atom stereocenters. The van der Waals surface area contributed by atoms with Gasteiger partial charge in [0.15, 0.2) is 0 Å². The van der Waals surface area contributed by atoms with Crippen molar-refractivity contribution in [2.45, 2.75) is 45.1 Å². The Hall–Kier alpha value is -0.153. The summed E-state index contributed by atoms with van der Waals surface area (Å²) in [5, 5.41) is 0. The maximum absolute atomic E-state index is 11.7. The van der Waals surface area contributed by atoms with E-state index in [9.17, 15) is 4.79 Å². The zero-order chi connectivity index (χ0) is 10.1. The van der Waals surface area contributed by atoms with E-state index < -0.39 is 8.07 Å². The molecule has 0 aliphatic heterocycles. The molecule has 0 bridgehead atoms. The van der Waals surface area contributed by atoms with Crippen LogP contribution in [0.25, 0.3) is 0 Å². The summed E-state index contributed by atoms with van der Waals surface area (Å²) in [7, 11) is -1.20. The van der Waals surface area contributed by atoms with Crippen molar-refractivity contribution in [3.8, 4) is 0 Å². The Morgan fingerprint density at radius 3 is 2.54 bits per heavy atom. The minimum atomic E-state index is -1.20. The van der Waals surface area contributed by atoms with Crippen molar-refractivity contribution in [1.82, 2.24) is 0 Å². The molecule has 2 nitrogen and oxygen atoms in total. The number of Topliss-reactive ketones (excluding diaryl/α,β-unsaturated/α-hetero) is 1. The van der Waals surface area contributed by atoms with Gasteiger partial charge >= 0.3 is 0 Å². The van der Waals surface area contributed by atoms with Gasteiger partial charge in [0.25, 0.3) is 0 Å². The molecule has 1 aliphatic carbocycles. The lowest BCUT2D eigenvalue weighted by Crippen LogP contribution is -2.25. The van der Waals surface area contributed by atoms with Crippen molar-refractivity contribution >= 4 is 13.9 Å². The first-order valence-electron chi connectivity index (χ1n) is 5.08. The highest BCUT2D eigenvalue weighted by atomic mass is 28.3. The van der Waals surface area contributed by atoms with Crippen LogP contribution in [0.1, 0.15) is 13.3 Å². The van der Waals surface area contributed by atoms with Crippen LogP contribution in [0, 0.1) is 5.92 Å². The van der Waals surface area contributed by atoms with Crippen molar-refractivity contribution in [3.63, 3.8) is 0 Å². The fourth-order valence-electron chi connectivity index (χ4n) is 1.56. The summed E-state index contributed by atoms with van der Waals surface area (Å²) in [5.74, 6) is 0.685. The first-order valence-corrected chi connectivity index (χ1v) is 8.79. The van der Waals surface area contributed by atoms with Gasteiger partial charge in [-0.05, 0) is 13.3 Å². The predicted octanol–water partition coefficient (Wildman–Crippen LogP) is 2.32. The molecule has 0 saturated heterocycles. The molecule has 0 aromatic rings. The van der Waals surface area contributed by atoms with Gasteiger partial charge < -0.3 is 4.74 Å². The van der Waals surface area contributed by atoms with E-state index in [2.05, 4.69) is 19.6 Å². The number of hydrogen-bond donors (Lipinski definition) is 0. The van der Waals surface area contributed by atoms with E-state index in [1.807, 2.05) is 6.92 Å². The van der Waals surface area contributed by atoms with E-state index in [1.54, 1.807) is 0 Å². The average Bonchev–Trinajstić information content (AvgIpc) is 2.64. The number of carbonyl (C=O) groups is 1. The maximum Gasteiger partial charge on any atom is 0.136 e. The van der Waals surface area contributed by atoms with Crippen molar-refractivity contribution in [2.24, 2.45) is 5.92 Å². The Labute approximate surface area is 81.7 Å². The largest absolute Gasteiger partial charge is 0.378 e. The Balaban J connectivity index is 2.28. The highest BCUT2D eigenvalue weighted by Gasteiger charge is 2.44. The van der Waals surface area contributed by atoms with Gasteiger partial charge in [-0.2, -0.15) is 0 Å². The van der Waals surface area contributed by atoms with Gasteiger partial charge in [-0.25, -0.2) is 0 Å². The van der Waals surface area contributed by atoms with Gasteiger partial charge in [0.1, 0.15) is 5.78 Å². The molecular weight excluding hydrogens is 180 g/mol. The fourth-order valence-corrected chi connectivity index (χ4v) is 2.87. The summed E-state index contributed by atoms with van der Waals surface area (Å²) in [6, 6.07) is 0.821. The summed E-state index contributed by atoms with van der Waals surface area (Å²) in [5.41, 5.74) is 0. The third kappa shape index (κ3) is 3.61. The second-order valence-corrected chi connectivity index (χ2v) is 10.5. The molecule has 1 rings (SSSR count). The Morgan fingerprint density at radius 2 is 2.08 bits per heavy atom. The van der Waals surface area contributed by atoms with Gasteiger partial charge in [0.05, 0.1) is 14.2 Å². The average molecular weight is 200 g/mol. The summed E-state index contributed by atoms with van der Waals surface area (Å²) < 4.78 is 5.40. The molecule has 3 heteroatoms. The van der Waals surface area contributed by atoms with E-state index in [0.717, 1.165) is 19.1 Å². The van der Waals surface area contributed by atoms with Crippen LogP contribution in [0.4, 0.5) is 0 Å². The predicted molar refractivity (Wildman–Crippen MR) is 56.7 cm³/mol. The van der Waals surface area contributed by atoms with Crippen LogP contribution >= 0.6 is 0 Å². The molecule has 0 aromatic carbocycles. The number of carbonyl (C=O) groups excluding carboxylic acids is 1. The molecule has 1 fully saturated rings. The Bertz CT molecular complexity index is 196. The summed E-state index contributed by atoms with van der Waals surface area (Å²) in [6.07, 6.45) is 1.23. The molecule has 13 heavy (non-hydrogen) atoms. The lowest BCUT2D eigenvalue weighted by Gasteiger charge is -2.13. The van der Waals surface area contributed by atoms with Gasteiger partial charge in [0.2, 0.25) is 0 Å². The smallest absolute Gasteiger partial charge is 0.136 e. The first-order chi connectivity index (χ1) is 5.94. The molecule has 0 spiro atoms. The van der Waals surface area contributed by atoms with Crippen LogP contribution in [0.5, 0.6) is 0 Å². The highest BCUT2D eigenvalue weighted by Crippen LogP contribution is 2.36. The molecule has 2 atom stereocenters. The van der Waals surface area contributed by atoms with Crippen LogP contribution in [0.15, 0.2) is 0 Å². The summed E-state index contributed by atoms with van der Waals surface area (Å²) in [4.78, 5) is 11.7. The third-order valence-electron chi connectivity index (χ3n) is 2.23. The van der Waals surface area contributed by atoms with E-state index in [-0.39, 0.29) is 12.0 Å². The molecule has 0 amide bonds. The SMILES string of the molecule is CCOC1CC1C(=O)C[Si](C)(C)C. The molecular formula is C10H20O2Si. The Kier molecular flexibility index (Phi) is 3.30. The minimum absolute atomic E-state index is 0.242. The van der Waals surface area contributed by atoms with E-state index in [1.165, 1.54) is 0 Å². The minimum Gasteiger partial charge on any atom is -0.378 e. The van der Waals surface area contributed by atoms with Gasteiger partial charge in [-0.1, -0.05) is 19.6 Å². The van der Waals surface area contributed by atoms with Crippen LogP contribution < -0.4 is 0 Å². The standard InChI is InChI=1S/C10H20O2Si/c1-5-12-10-6-8(10)9(11)7-13(2,3)4/h8,10H,5-7H2,1-4H3. The zero-order valence-electron chi connectivity index (χ0n) is 9.09. The van der Waals surface area contributed by atoms with Crippen LogP contribution in [0.3, 0.4) is 0 Å². The second kappa shape index (κ2) is 3.92. The molecule has 0 N–H and O–H groups in total. The van der Waals surface area contributed by atoms with E-state index in [4.69, 9.17) is 4.74 Å². The monoisotopic (exact) mass is 200 g/mol. The van der Waals surface area contributed by atoms with Crippen LogP contribution in [-0.2, 0) is 9.53 Å². The van der Waals surface area contributed by atoms with E-state index >= 15 is 0 Å². The van der Waals surface area contributed by atoms with Gasteiger partial charge in [0, 0.05) is 18.6 Å². The first kappa shape index (κ1) is 10.9. The molecule has 0 heterocycles. The fraction of sp³-hybridized carbons (Fsp3) is 0.900. The summed E-state index contributed by atoms with van der Waals surface area (Å²) in [6.45, 7) is 9.44. The second-order valence-electron chi connectivity index (χ2n) is 5.04. The molecule has 0 aromatic heterocycles. The van der Waals surface area contributed by atoms with Crippen molar-refractivity contribution < 1.29 is 9.53 Å². The number of ether oxygens (including phenoxy) is 1. The van der Waals surface area contributed by atoms with Crippen molar-refractivity contribution in [1.29, 1.82) is 0 Å². The Morgan fingerprint density at radius 1 is 1.46 bits per heavy atom. The zero-order valence-corrected chi connectivity index (χ0v) is 10.1. The number of hydrogen-bond acceptors (Lipinski definition) is 2. The lowest BCUT2D eigenvalue weighted by atomic mass is 10.3.